The summed E-state index contributed by atoms with van der Waals surface area (Å²) in [6.45, 7) is 0. The lowest BCUT2D eigenvalue weighted by atomic mass is 10.4. The Labute approximate surface area is 109 Å². The molecule has 1 saturated heterocycles. The fourth-order valence-corrected chi connectivity index (χ4v) is 2.60. The van der Waals surface area contributed by atoms with Crippen LogP contribution in [0.3, 0.4) is 0 Å². The first kappa shape index (κ1) is 13.4. The molecule has 0 aromatic carbocycles. The van der Waals surface area contributed by atoms with Crippen molar-refractivity contribution in [3.8, 4) is 0 Å². The van der Waals surface area contributed by atoms with Gasteiger partial charge in [-0.2, -0.15) is 11.8 Å². The van der Waals surface area contributed by atoms with Crippen molar-refractivity contribution in [1.29, 1.82) is 0 Å². The second kappa shape index (κ2) is 4.94. The van der Waals surface area contributed by atoms with E-state index in [0.717, 1.165) is 15.8 Å². The third-order valence-corrected chi connectivity index (χ3v) is 5.30. The fraction of sp³-hybridized carbons (Fsp3) is 0.500. The highest BCUT2D eigenvalue weighted by Gasteiger charge is 2.27. The lowest BCUT2D eigenvalue weighted by Crippen LogP contribution is -2.30. The van der Waals surface area contributed by atoms with Crippen LogP contribution >= 0.6 is 11.8 Å². The number of nitrogens with zero attached hydrogens (tertiary/aromatic N) is 1. The monoisotopic (exact) mass is 291 g/mol. The second-order valence-corrected chi connectivity index (χ2v) is 7.13. The van der Waals surface area contributed by atoms with Gasteiger partial charge in [0.05, 0.1) is 0 Å². The van der Waals surface area contributed by atoms with Crippen molar-refractivity contribution >= 4 is 27.8 Å². The van der Waals surface area contributed by atoms with E-state index in [-0.39, 0.29) is 17.0 Å². The number of esters is 1. The molecule has 0 unspecified atom stereocenters. The van der Waals surface area contributed by atoms with Gasteiger partial charge in [0, 0.05) is 25.6 Å². The highest BCUT2D eigenvalue weighted by molar-refractivity contribution is 8.00. The molecule has 0 bridgehead atoms. The summed E-state index contributed by atoms with van der Waals surface area (Å²) < 4.78 is 34.6. The molecule has 0 radical (unpaired) electrons. The van der Waals surface area contributed by atoms with Crippen molar-refractivity contribution < 1.29 is 22.4 Å². The van der Waals surface area contributed by atoms with Crippen LogP contribution in [-0.2, 0) is 14.8 Å². The molecule has 18 heavy (non-hydrogen) atoms. The molecule has 2 heterocycles. The van der Waals surface area contributed by atoms with Gasteiger partial charge in [0.1, 0.15) is 6.10 Å². The fourth-order valence-electron chi connectivity index (χ4n) is 1.24. The number of hydrogen-bond acceptors (Lipinski definition) is 6. The molecule has 100 valence electrons. The average Bonchev–Trinajstić information content (AvgIpc) is 2.72. The van der Waals surface area contributed by atoms with Gasteiger partial charge in [0.15, 0.2) is 0 Å². The number of carbonyl (C=O) groups excluding carboxylic acids is 1. The summed E-state index contributed by atoms with van der Waals surface area (Å²) in [4.78, 5) is 11.6. The van der Waals surface area contributed by atoms with Crippen molar-refractivity contribution in [2.45, 2.75) is 11.2 Å². The van der Waals surface area contributed by atoms with Crippen molar-refractivity contribution in [2.24, 2.45) is 0 Å². The summed E-state index contributed by atoms with van der Waals surface area (Å²) in [6, 6.07) is 2.56. The number of hydrogen-bond donors (Lipinski definition) is 0. The Morgan fingerprint density at radius 1 is 1.44 bits per heavy atom. The number of sulfonamides is 1. The number of thioether (sulfide) groups is 1. The molecule has 0 aliphatic carbocycles. The first-order valence-electron chi connectivity index (χ1n) is 5.22. The van der Waals surface area contributed by atoms with Crippen LogP contribution in [0.4, 0.5) is 0 Å². The van der Waals surface area contributed by atoms with Gasteiger partial charge in [-0.25, -0.2) is 17.5 Å². The van der Waals surface area contributed by atoms with Crippen LogP contribution in [0.15, 0.2) is 21.6 Å². The summed E-state index contributed by atoms with van der Waals surface area (Å²) >= 11 is 1.69. The van der Waals surface area contributed by atoms with Crippen LogP contribution < -0.4 is 0 Å². The zero-order chi connectivity index (χ0) is 13.3. The van der Waals surface area contributed by atoms with E-state index >= 15 is 0 Å². The molecular weight excluding hydrogens is 278 g/mol. The molecule has 0 atom stereocenters. The Morgan fingerprint density at radius 3 is 2.61 bits per heavy atom. The number of ether oxygens (including phenoxy) is 1. The van der Waals surface area contributed by atoms with E-state index in [1.54, 1.807) is 11.8 Å². The van der Waals surface area contributed by atoms with Crippen LogP contribution in [0, 0.1) is 0 Å². The van der Waals surface area contributed by atoms with Gasteiger partial charge in [0.25, 0.3) is 10.0 Å². The first-order chi connectivity index (χ1) is 8.41. The number of carbonyl (C=O) groups is 1. The third kappa shape index (κ3) is 2.55. The maximum atomic E-state index is 11.7. The Balaban J connectivity index is 2.12. The lowest BCUT2D eigenvalue weighted by Gasteiger charge is -2.23. The minimum atomic E-state index is -3.65. The van der Waals surface area contributed by atoms with E-state index in [0.29, 0.717) is 0 Å². The van der Waals surface area contributed by atoms with Gasteiger partial charge in [-0.15, -0.1) is 0 Å². The van der Waals surface area contributed by atoms with Gasteiger partial charge < -0.3 is 9.15 Å². The van der Waals surface area contributed by atoms with Crippen LogP contribution in [0.5, 0.6) is 0 Å². The highest BCUT2D eigenvalue weighted by atomic mass is 32.2. The van der Waals surface area contributed by atoms with E-state index in [2.05, 4.69) is 0 Å². The topological polar surface area (TPSA) is 76.8 Å². The molecule has 8 heteroatoms. The SMILES string of the molecule is CN(C)S(=O)(=O)c1ccc(C(=O)OC2CSC2)o1. The number of rotatable bonds is 4. The minimum Gasteiger partial charge on any atom is -0.455 e. The van der Waals surface area contributed by atoms with Crippen molar-refractivity contribution in [1.82, 2.24) is 4.31 Å². The molecule has 2 rings (SSSR count). The normalized spacial score (nSPS) is 16.6. The summed E-state index contributed by atoms with van der Waals surface area (Å²) in [7, 11) is -0.874. The van der Waals surface area contributed by atoms with Crippen LogP contribution in [0.1, 0.15) is 10.6 Å². The molecule has 0 amide bonds. The van der Waals surface area contributed by atoms with Crippen LogP contribution in [0.2, 0.25) is 0 Å². The molecule has 1 aliphatic rings. The van der Waals surface area contributed by atoms with Gasteiger partial charge >= 0.3 is 5.97 Å². The molecule has 1 fully saturated rings. The third-order valence-electron chi connectivity index (χ3n) is 2.40. The Kier molecular flexibility index (Phi) is 3.69. The Morgan fingerprint density at radius 2 is 2.11 bits per heavy atom. The van der Waals surface area contributed by atoms with E-state index < -0.39 is 16.0 Å². The van der Waals surface area contributed by atoms with Crippen molar-refractivity contribution in [3.05, 3.63) is 17.9 Å². The predicted molar refractivity (Wildman–Crippen MR) is 66.1 cm³/mol. The number of furan rings is 1. The summed E-state index contributed by atoms with van der Waals surface area (Å²) in [5, 5.41) is -0.262. The maximum absolute atomic E-state index is 11.7. The smallest absolute Gasteiger partial charge is 0.374 e. The van der Waals surface area contributed by atoms with E-state index in [4.69, 9.17) is 9.15 Å². The van der Waals surface area contributed by atoms with Gasteiger partial charge in [-0.05, 0) is 12.1 Å². The van der Waals surface area contributed by atoms with Crippen LogP contribution in [0.25, 0.3) is 0 Å². The molecule has 0 spiro atoms. The molecule has 1 aromatic heterocycles. The zero-order valence-corrected chi connectivity index (χ0v) is 11.6. The van der Waals surface area contributed by atoms with Gasteiger partial charge in [-0.3, -0.25) is 0 Å². The molecule has 1 aliphatic heterocycles. The Hall–Kier alpha value is -0.990. The zero-order valence-electron chi connectivity index (χ0n) is 9.95. The largest absolute Gasteiger partial charge is 0.455 e. The molecule has 6 nitrogen and oxygen atoms in total. The van der Waals surface area contributed by atoms with Gasteiger partial charge in [0.2, 0.25) is 10.9 Å². The van der Waals surface area contributed by atoms with Crippen LogP contribution in [-0.4, -0.2) is 50.4 Å². The lowest BCUT2D eigenvalue weighted by molar-refractivity contribution is 0.0332. The summed E-state index contributed by atoms with van der Waals surface area (Å²) in [6.07, 6.45) is -0.0958. The average molecular weight is 291 g/mol. The van der Waals surface area contributed by atoms with Crippen molar-refractivity contribution in [2.75, 3.05) is 25.6 Å². The van der Waals surface area contributed by atoms with Gasteiger partial charge in [-0.1, -0.05) is 0 Å². The predicted octanol–water partition coefficient (Wildman–Crippen LogP) is 0.802. The molecule has 1 aromatic rings. The Bertz CT molecular complexity index is 544. The standard InChI is InChI=1S/C10H13NO5S2/c1-11(2)18(13,14)9-4-3-8(16-9)10(12)15-7-5-17-6-7/h3-4,7H,5-6H2,1-2H3. The second-order valence-electron chi connectivity index (χ2n) is 3.97. The first-order valence-corrected chi connectivity index (χ1v) is 7.82. The van der Waals surface area contributed by atoms with E-state index in [9.17, 15) is 13.2 Å². The summed E-state index contributed by atoms with van der Waals surface area (Å²) in [5.74, 6) is 0.831. The minimum absolute atomic E-state index is 0.0904. The van der Waals surface area contributed by atoms with E-state index in [1.165, 1.54) is 26.2 Å². The quantitative estimate of drug-likeness (QED) is 0.764. The molecule has 0 saturated carbocycles. The maximum Gasteiger partial charge on any atom is 0.374 e. The highest BCUT2D eigenvalue weighted by Crippen LogP contribution is 2.23. The molecular formula is C10H13NO5S2. The van der Waals surface area contributed by atoms with E-state index in [1.807, 2.05) is 0 Å². The summed E-state index contributed by atoms with van der Waals surface area (Å²) in [5.41, 5.74) is 0. The van der Waals surface area contributed by atoms with Crippen molar-refractivity contribution in [3.63, 3.8) is 0 Å². The molecule has 0 N–H and O–H groups in total.